The Bertz CT molecular complexity index is 351. The number of rotatable bonds is 7. The first kappa shape index (κ1) is 15.6. The lowest BCUT2D eigenvalue weighted by Gasteiger charge is -2.28. The van der Waals surface area contributed by atoms with Gasteiger partial charge in [0.1, 0.15) is 0 Å². The van der Waals surface area contributed by atoms with Crippen LogP contribution in [-0.2, 0) is 11.2 Å². The van der Waals surface area contributed by atoms with Gasteiger partial charge in [-0.3, -0.25) is 0 Å². The summed E-state index contributed by atoms with van der Waals surface area (Å²) in [5.41, 5.74) is 1.22. The van der Waals surface area contributed by atoms with Gasteiger partial charge in [0, 0.05) is 23.7 Å². The predicted molar refractivity (Wildman–Crippen MR) is 77.8 cm³/mol. The van der Waals surface area contributed by atoms with E-state index in [0.29, 0.717) is 13.2 Å². The molecule has 1 aromatic rings. The highest BCUT2D eigenvalue weighted by molar-refractivity contribution is 9.10. The molecule has 0 amide bonds. The second-order valence-corrected chi connectivity index (χ2v) is 6.09. The van der Waals surface area contributed by atoms with E-state index >= 15 is 0 Å². The van der Waals surface area contributed by atoms with Crippen LogP contribution >= 0.6 is 15.9 Å². The largest absolute Gasteiger partial charge is 0.389 e. The first-order valence-electron chi connectivity index (χ1n) is 6.09. The van der Waals surface area contributed by atoms with Crippen LogP contribution in [0, 0.1) is 0 Å². The van der Waals surface area contributed by atoms with Crippen molar-refractivity contribution in [2.45, 2.75) is 31.9 Å². The van der Waals surface area contributed by atoms with Gasteiger partial charge in [-0.25, -0.2) is 0 Å². The molecule has 0 aromatic heterocycles. The average molecular weight is 316 g/mol. The highest BCUT2D eigenvalue weighted by atomic mass is 79.9. The molecular formula is C14H22BrNO2. The van der Waals surface area contributed by atoms with Crippen molar-refractivity contribution in [1.82, 2.24) is 5.32 Å². The van der Waals surface area contributed by atoms with Crippen molar-refractivity contribution in [1.29, 1.82) is 0 Å². The minimum atomic E-state index is -0.459. The van der Waals surface area contributed by atoms with Gasteiger partial charge in [-0.1, -0.05) is 28.1 Å². The predicted octanol–water partition coefficient (Wildman–Crippen LogP) is 2.37. The van der Waals surface area contributed by atoms with E-state index in [1.807, 2.05) is 12.1 Å². The molecule has 102 valence electrons. The van der Waals surface area contributed by atoms with Crippen molar-refractivity contribution >= 4 is 15.9 Å². The monoisotopic (exact) mass is 315 g/mol. The van der Waals surface area contributed by atoms with E-state index in [9.17, 15) is 5.11 Å². The number of halogens is 1. The molecule has 0 radical (unpaired) electrons. The highest BCUT2D eigenvalue weighted by Gasteiger charge is 2.19. The van der Waals surface area contributed by atoms with Crippen LogP contribution < -0.4 is 5.32 Å². The SMILES string of the molecule is COC[C@H](O)CNC(C)(C)Cc1ccc(Br)cc1. The summed E-state index contributed by atoms with van der Waals surface area (Å²) in [5, 5.41) is 13.0. The second kappa shape index (κ2) is 7.24. The van der Waals surface area contributed by atoms with E-state index < -0.39 is 6.10 Å². The molecule has 0 spiro atoms. The van der Waals surface area contributed by atoms with E-state index in [1.54, 1.807) is 7.11 Å². The van der Waals surface area contributed by atoms with Crippen LogP contribution in [0.25, 0.3) is 0 Å². The van der Waals surface area contributed by atoms with Crippen molar-refractivity contribution < 1.29 is 9.84 Å². The first-order valence-corrected chi connectivity index (χ1v) is 6.89. The summed E-state index contributed by atoms with van der Waals surface area (Å²) >= 11 is 3.43. The quantitative estimate of drug-likeness (QED) is 0.811. The second-order valence-electron chi connectivity index (χ2n) is 5.18. The molecule has 0 aliphatic heterocycles. The van der Waals surface area contributed by atoms with Crippen molar-refractivity contribution in [2.24, 2.45) is 0 Å². The molecule has 3 nitrogen and oxygen atoms in total. The molecule has 0 aliphatic carbocycles. The van der Waals surface area contributed by atoms with Gasteiger partial charge in [-0.2, -0.15) is 0 Å². The number of aliphatic hydroxyl groups excluding tert-OH is 1. The van der Waals surface area contributed by atoms with Gasteiger partial charge in [-0.15, -0.1) is 0 Å². The Kier molecular flexibility index (Phi) is 6.29. The summed E-state index contributed by atoms with van der Waals surface area (Å²) in [6.07, 6.45) is 0.458. The molecule has 1 atom stereocenters. The van der Waals surface area contributed by atoms with Crippen LogP contribution in [0.1, 0.15) is 19.4 Å². The molecule has 0 aliphatic rings. The zero-order valence-corrected chi connectivity index (χ0v) is 12.8. The summed E-state index contributed by atoms with van der Waals surface area (Å²) in [5.74, 6) is 0. The average Bonchev–Trinajstić information content (AvgIpc) is 2.30. The number of benzene rings is 1. The Balaban J connectivity index is 2.46. The lowest BCUT2D eigenvalue weighted by molar-refractivity contribution is 0.0598. The smallest absolute Gasteiger partial charge is 0.0897 e. The Morgan fingerprint density at radius 3 is 2.50 bits per heavy atom. The Labute approximate surface area is 118 Å². The maximum absolute atomic E-state index is 9.62. The fourth-order valence-corrected chi connectivity index (χ4v) is 2.08. The maximum atomic E-state index is 9.62. The highest BCUT2D eigenvalue weighted by Crippen LogP contribution is 2.16. The standard InChI is InChI=1S/C14H22BrNO2/c1-14(2,16-9-13(17)10-18-3)8-11-4-6-12(15)7-5-11/h4-7,13,16-17H,8-10H2,1-3H3/t13-/m1/s1. The van der Waals surface area contributed by atoms with Gasteiger partial charge in [0.2, 0.25) is 0 Å². The molecule has 18 heavy (non-hydrogen) atoms. The topological polar surface area (TPSA) is 41.5 Å². The fourth-order valence-electron chi connectivity index (χ4n) is 1.82. The molecule has 0 heterocycles. The minimum absolute atomic E-state index is 0.0530. The molecule has 0 saturated heterocycles. The normalized spacial score (nSPS) is 13.6. The summed E-state index contributed by atoms with van der Waals surface area (Å²) < 4.78 is 6.00. The Morgan fingerprint density at radius 1 is 1.33 bits per heavy atom. The molecule has 2 N–H and O–H groups in total. The van der Waals surface area contributed by atoms with Gasteiger partial charge in [-0.05, 0) is 38.0 Å². The number of hydrogen-bond donors (Lipinski definition) is 2. The van der Waals surface area contributed by atoms with Crippen LogP contribution in [0.2, 0.25) is 0 Å². The molecule has 0 saturated carbocycles. The van der Waals surface area contributed by atoms with Gasteiger partial charge in [0.25, 0.3) is 0 Å². The van der Waals surface area contributed by atoms with Gasteiger partial charge in [0.15, 0.2) is 0 Å². The first-order chi connectivity index (χ1) is 8.43. The van der Waals surface area contributed by atoms with E-state index in [-0.39, 0.29) is 5.54 Å². The number of methoxy groups -OCH3 is 1. The van der Waals surface area contributed by atoms with Gasteiger partial charge >= 0.3 is 0 Å². The van der Waals surface area contributed by atoms with Crippen LogP contribution in [0.5, 0.6) is 0 Å². The molecule has 0 unspecified atom stereocenters. The van der Waals surface area contributed by atoms with Crippen molar-refractivity contribution in [2.75, 3.05) is 20.3 Å². The number of nitrogens with one attached hydrogen (secondary N) is 1. The third-order valence-corrected chi connectivity index (χ3v) is 3.26. The molecular weight excluding hydrogens is 294 g/mol. The summed E-state index contributed by atoms with van der Waals surface area (Å²) in [6.45, 7) is 5.17. The molecule has 0 fully saturated rings. The van der Waals surface area contributed by atoms with E-state index in [0.717, 1.165) is 10.9 Å². The molecule has 1 rings (SSSR count). The number of aliphatic hydroxyl groups is 1. The van der Waals surface area contributed by atoms with E-state index in [2.05, 4.69) is 47.2 Å². The minimum Gasteiger partial charge on any atom is -0.389 e. The zero-order valence-electron chi connectivity index (χ0n) is 11.2. The van der Waals surface area contributed by atoms with Crippen molar-refractivity contribution in [3.63, 3.8) is 0 Å². The third kappa shape index (κ3) is 5.96. The van der Waals surface area contributed by atoms with E-state index in [4.69, 9.17) is 4.74 Å². The third-order valence-electron chi connectivity index (χ3n) is 2.73. The lowest BCUT2D eigenvalue weighted by atomic mass is 9.95. The number of ether oxygens (including phenoxy) is 1. The summed E-state index contributed by atoms with van der Waals surface area (Å²) in [4.78, 5) is 0. The Morgan fingerprint density at radius 2 is 1.94 bits per heavy atom. The fraction of sp³-hybridized carbons (Fsp3) is 0.571. The lowest BCUT2D eigenvalue weighted by Crippen LogP contribution is -2.45. The summed E-state index contributed by atoms with van der Waals surface area (Å²) in [7, 11) is 1.59. The van der Waals surface area contributed by atoms with Crippen LogP contribution in [0.15, 0.2) is 28.7 Å². The summed E-state index contributed by atoms with van der Waals surface area (Å²) in [6, 6.07) is 8.31. The maximum Gasteiger partial charge on any atom is 0.0897 e. The number of hydrogen-bond acceptors (Lipinski definition) is 3. The van der Waals surface area contributed by atoms with Gasteiger partial charge < -0.3 is 15.2 Å². The zero-order chi connectivity index (χ0) is 13.6. The van der Waals surface area contributed by atoms with Crippen LogP contribution in [0.4, 0.5) is 0 Å². The molecule has 4 heteroatoms. The molecule has 0 bridgehead atoms. The van der Waals surface area contributed by atoms with Crippen molar-refractivity contribution in [3.8, 4) is 0 Å². The van der Waals surface area contributed by atoms with Crippen LogP contribution in [-0.4, -0.2) is 37.0 Å². The van der Waals surface area contributed by atoms with Crippen molar-refractivity contribution in [3.05, 3.63) is 34.3 Å². The number of β-amino-alcohol motifs (C(OH)–C–C–N with tert-alkyl or cyclic N) is 1. The van der Waals surface area contributed by atoms with Crippen LogP contribution in [0.3, 0.4) is 0 Å². The van der Waals surface area contributed by atoms with Gasteiger partial charge in [0.05, 0.1) is 12.7 Å². The Hall–Kier alpha value is -0.420. The van der Waals surface area contributed by atoms with E-state index in [1.165, 1.54) is 5.56 Å². The molecule has 1 aromatic carbocycles.